The molecule has 1 heterocycles. The molecule has 0 saturated heterocycles. The predicted molar refractivity (Wildman–Crippen MR) is 81.6 cm³/mol. The maximum atomic E-state index is 6.10. The van der Waals surface area contributed by atoms with Gasteiger partial charge in [0.2, 0.25) is 0 Å². The molecular weight excluding hydrogens is 246 g/mol. The van der Waals surface area contributed by atoms with Gasteiger partial charge in [0, 0.05) is 11.3 Å². The molecule has 20 heavy (non-hydrogen) atoms. The fourth-order valence-corrected chi connectivity index (χ4v) is 3.07. The first-order valence-electron chi connectivity index (χ1n) is 7.36. The lowest BCUT2D eigenvalue weighted by Crippen LogP contribution is -2.38. The van der Waals surface area contributed by atoms with E-state index in [-0.39, 0.29) is 5.41 Å². The maximum absolute atomic E-state index is 6.10. The van der Waals surface area contributed by atoms with Gasteiger partial charge in [0.05, 0.1) is 5.41 Å². The van der Waals surface area contributed by atoms with E-state index < -0.39 is 0 Å². The largest absolute Gasteiger partial charge is 0.383 e. The Hall–Kier alpha value is -1.90. The number of aryl methyl sites for hydroxylation is 1. The zero-order valence-electron chi connectivity index (χ0n) is 12.2. The summed E-state index contributed by atoms with van der Waals surface area (Å²) in [5.74, 6) is 1.55. The standard InChI is InChI=1S/C17H21N3/c1-3-14-12(2)15(18)20-16(19-14)17(10-7-11-17)13-8-5-4-6-9-13/h4-6,8-9H,3,7,10-11H2,1-2H3,(H2,18,19,20). The topological polar surface area (TPSA) is 51.8 Å². The quantitative estimate of drug-likeness (QED) is 0.927. The predicted octanol–water partition coefficient (Wildman–Crippen LogP) is 3.40. The van der Waals surface area contributed by atoms with Crippen LogP contribution in [0.25, 0.3) is 0 Å². The molecule has 1 aliphatic rings. The maximum Gasteiger partial charge on any atom is 0.141 e. The average molecular weight is 267 g/mol. The molecule has 0 bridgehead atoms. The number of benzene rings is 1. The van der Waals surface area contributed by atoms with Crippen molar-refractivity contribution >= 4 is 5.82 Å². The summed E-state index contributed by atoms with van der Waals surface area (Å²) in [5.41, 5.74) is 9.50. The monoisotopic (exact) mass is 267 g/mol. The van der Waals surface area contributed by atoms with Crippen LogP contribution >= 0.6 is 0 Å². The van der Waals surface area contributed by atoms with Gasteiger partial charge in [0.25, 0.3) is 0 Å². The van der Waals surface area contributed by atoms with Crippen molar-refractivity contribution in [2.24, 2.45) is 0 Å². The summed E-state index contributed by atoms with van der Waals surface area (Å²) in [6, 6.07) is 10.6. The Labute approximate surface area is 120 Å². The molecule has 1 aromatic heterocycles. The molecule has 1 aromatic carbocycles. The highest BCUT2D eigenvalue weighted by Gasteiger charge is 2.43. The number of hydrogen-bond acceptors (Lipinski definition) is 3. The van der Waals surface area contributed by atoms with Gasteiger partial charge in [0.1, 0.15) is 11.6 Å². The lowest BCUT2D eigenvalue weighted by atomic mass is 9.64. The summed E-state index contributed by atoms with van der Waals surface area (Å²) < 4.78 is 0. The van der Waals surface area contributed by atoms with Crippen LogP contribution in [0.5, 0.6) is 0 Å². The third-order valence-electron chi connectivity index (χ3n) is 4.58. The van der Waals surface area contributed by atoms with Crippen LogP contribution in [0.2, 0.25) is 0 Å². The van der Waals surface area contributed by atoms with Gasteiger partial charge in [-0.1, -0.05) is 43.7 Å². The molecule has 0 spiro atoms. The molecule has 3 heteroatoms. The van der Waals surface area contributed by atoms with Gasteiger partial charge in [-0.15, -0.1) is 0 Å². The summed E-state index contributed by atoms with van der Waals surface area (Å²) in [6.45, 7) is 4.13. The number of nitrogens with two attached hydrogens (primary N) is 1. The second-order valence-electron chi connectivity index (χ2n) is 5.66. The van der Waals surface area contributed by atoms with E-state index in [9.17, 15) is 0 Å². The van der Waals surface area contributed by atoms with Crippen LogP contribution in [0.3, 0.4) is 0 Å². The number of nitrogen functional groups attached to an aromatic ring is 1. The molecule has 2 aromatic rings. The van der Waals surface area contributed by atoms with Crippen molar-refractivity contribution in [3.63, 3.8) is 0 Å². The van der Waals surface area contributed by atoms with Crippen LogP contribution in [-0.4, -0.2) is 9.97 Å². The van der Waals surface area contributed by atoms with Gasteiger partial charge in [-0.25, -0.2) is 9.97 Å². The van der Waals surface area contributed by atoms with E-state index in [4.69, 9.17) is 10.7 Å². The Balaban J connectivity index is 2.13. The zero-order chi connectivity index (χ0) is 14.2. The second-order valence-corrected chi connectivity index (χ2v) is 5.66. The van der Waals surface area contributed by atoms with E-state index in [1.165, 1.54) is 12.0 Å². The molecule has 0 unspecified atom stereocenters. The highest BCUT2D eigenvalue weighted by molar-refractivity contribution is 5.45. The Bertz CT molecular complexity index is 616. The van der Waals surface area contributed by atoms with Gasteiger partial charge in [-0.2, -0.15) is 0 Å². The smallest absolute Gasteiger partial charge is 0.141 e. The van der Waals surface area contributed by atoms with Gasteiger partial charge in [0.15, 0.2) is 0 Å². The molecule has 104 valence electrons. The van der Waals surface area contributed by atoms with Crippen LogP contribution in [0.1, 0.15) is 48.8 Å². The van der Waals surface area contributed by atoms with Gasteiger partial charge in [-0.3, -0.25) is 0 Å². The van der Waals surface area contributed by atoms with E-state index in [0.717, 1.165) is 36.3 Å². The van der Waals surface area contributed by atoms with Crippen LogP contribution in [0.4, 0.5) is 5.82 Å². The van der Waals surface area contributed by atoms with Crippen molar-refractivity contribution in [3.8, 4) is 0 Å². The molecule has 0 radical (unpaired) electrons. The summed E-state index contributed by atoms with van der Waals surface area (Å²) in [7, 11) is 0. The average Bonchev–Trinajstić information content (AvgIpc) is 2.42. The highest BCUT2D eigenvalue weighted by Crippen LogP contribution is 2.47. The van der Waals surface area contributed by atoms with Crippen LogP contribution < -0.4 is 5.73 Å². The number of rotatable bonds is 3. The molecule has 2 N–H and O–H groups in total. The first kappa shape index (κ1) is 13.1. The Kier molecular flexibility index (Phi) is 3.20. The van der Waals surface area contributed by atoms with Crippen molar-refractivity contribution in [1.82, 2.24) is 9.97 Å². The van der Waals surface area contributed by atoms with Crippen LogP contribution in [0, 0.1) is 6.92 Å². The van der Waals surface area contributed by atoms with Crippen molar-refractivity contribution in [3.05, 3.63) is 53.0 Å². The highest BCUT2D eigenvalue weighted by atomic mass is 15.0. The molecule has 3 rings (SSSR count). The fourth-order valence-electron chi connectivity index (χ4n) is 3.07. The summed E-state index contributed by atoms with van der Waals surface area (Å²) in [4.78, 5) is 9.45. The normalized spacial score (nSPS) is 16.7. The minimum Gasteiger partial charge on any atom is -0.383 e. The van der Waals surface area contributed by atoms with E-state index in [2.05, 4.69) is 42.2 Å². The summed E-state index contributed by atoms with van der Waals surface area (Å²) >= 11 is 0. The van der Waals surface area contributed by atoms with E-state index in [1.807, 2.05) is 6.92 Å². The first-order valence-corrected chi connectivity index (χ1v) is 7.36. The molecular formula is C17H21N3. The van der Waals surface area contributed by atoms with E-state index >= 15 is 0 Å². The minimum absolute atomic E-state index is 0.0208. The number of aromatic nitrogens is 2. The molecule has 0 atom stereocenters. The van der Waals surface area contributed by atoms with E-state index in [1.54, 1.807) is 0 Å². The van der Waals surface area contributed by atoms with Crippen molar-refractivity contribution in [2.45, 2.75) is 44.9 Å². The van der Waals surface area contributed by atoms with Crippen LogP contribution in [-0.2, 0) is 11.8 Å². The van der Waals surface area contributed by atoms with Gasteiger partial charge < -0.3 is 5.73 Å². The molecule has 1 fully saturated rings. The first-order chi connectivity index (χ1) is 9.67. The Morgan fingerprint density at radius 3 is 2.40 bits per heavy atom. The van der Waals surface area contributed by atoms with Gasteiger partial charge in [-0.05, 0) is 31.7 Å². The summed E-state index contributed by atoms with van der Waals surface area (Å²) in [6.07, 6.45) is 4.36. The molecule has 1 aliphatic carbocycles. The zero-order valence-corrected chi connectivity index (χ0v) is 12.2. The summed E-state index contributed by atoms with van der Waals surface area (Å²) in [5, 5.41) is 0. The van der Waals surface area contributed by atoms with Crippen molar-refractivity contribution in [1.29, 1.82) is 0 Å². The second kappa shape index (κ2) is 4.89. The molecule has 0 aliphatic heterocycles. The Morgan fingerprint density at radius 2 is 1.85 bits per heavy atom. The van der Waals surface area contributed by atoms with Crippen molar-refractivity contribution < 1.29 is 0 Å². The van der Waals surface area contributed by atoms with E-state index in [0.29, 0.717) is 5.82 Å². The fraction of sp³-hybridized carbons (Fsp3) is 0.412. The SMILES string of the molecule is CCc1nc(C2(c3ccccc3)CCC2)nc(N)c1C. The van der Waals surface area contributed by atoms with Gasteiger partial charge >= 0.3 is 0 Å². The molecule has 1 saturated carbocycles. The lowest BCUT2D eigenvalue weighted by Gasteiger charge is -2.41. The minimum atomic E-state index is -0.0208. The third-order valence-corrected chi connectivity index (χ3v) is 4.58. The molecule has 0 amide bonds. The third kappa shape index (κ3) is 1.89. The van der Waals surface area contributed by atoms with Crippen LogP contribution in [0.15, 0.2) is 30.3 Å². The number of nitrogens with zero attached hydrogens (tertiary/aromatic N) is 2. The number of anilines is 1. The number of hydrogen-bond donors (Lipinski definition) is 1. The Morgan fingerprint density at radius 1 is 1.15 bits per heavy atom. The lowest BCUT2D eigenvalue weighted by molar-refractivity contribution is 0.284. The van der Waals surface area contributed by atoms with Crippen molar-refractivity contribution in [2.75, 3.05) is 5.73 Å². The molecule has 3 nitrogen and oxygen atoms in total.